The van der Waals surface area contributed by atoms with Gasteiger partial charge >= 0.3 is 0 Å². The van der Waals surface area contributed by atoms with E-state index in [1.54, 1.807) is 7.11 Å². The van der Waals surface area contributed by atoms with Crippen molar-refractivity contribution in [1.82, 2.24) is 10.2 Å². The van der Waals surface area contributed by atoms with Gasteiger partial charge in [0.05, 0.1) is 18.9 Å². The summed E-state index contributed by atoms with van der Waals surface area (Å²) in [4.78, 5) is 17.2. The number of hydrogen-bond acceptors (Lipinski definition) is 5. The lowest BCUT2D eigenvalue weighted by Crippen LogP contribution is -2.46. The molecule has 0 aromatic heterocycles. The van der Waals surface area contributed by atoms with Crippen LogP contribution >= 0.6 is 0 Å². The SMILES string of the molecule is COc1ccccc1N1CCN(Cc2ccc(C(=O)NC[C@@H]3CCCO3)cc2)CC1. The second kappa shape index (κ2) is 9.96. The molecule has 2 heterocycles. The molecule has 2 fully saturated rings. The number of methoxy groups -OCH3 is 1. The molecular formula is C24H31N3O3. The predicted octanol–water partition coefficient (Wildman–Crippen LogP) is 2.93. The third-order valence-electron chi connectivity index (χ3n) is 5.93. The molecule has 0 bridgehead atoms. The molecular weight excluding hydrogens is 378 g/mol. The van der Waals surface area contributed by atoms with Crippen LogP contribution in [0.1, 0.15) is 28.8 Å². The van der Waals surface area contributed by atoms with Gasteiger partial charge in [-0.2, -0.15) is 0 Å². The molecule has 30 heavy (non-hydrogen) atoms. The van der Waals surface area contributed by atoms with Crippen molar-refractivity contribution in [3.63, 3.8) is 0 Å². The van der Waals surface area contributed by atoms with Crippen molar-refractivity contribution in [2.75, 3.05) is 51.3 Å². The van der Waals surface area contributed by atoms with Gasteiger partial charge in [0.15, 0.2) is 0 Å². The Hall–Kier alpha value is -2.57. The number of benzene rings is 2. The van der Waals surface area contributed by atoms with E-state index in [2.05, 4.69) is 39.4 Å². The Labute approximate surface area is 178 Å². The fourth-order valence-corrected chi connectivity index (χ4v) is 4.17. The van der Waals surface area contributed by atoms with Crippen molar-refractivity contribution in [2.45, 2.75) is 25.5 Å². The number of carbonyl (C=O) groups is 1. The summed E-state index contributed by atoms with van der Waals surface area (Å²) in [5.41, 5.74) is 3.10. The highest BCUT2D eigenvalue weighted by molar-refractivity contribution is 5.94. The molecule has 0 saturated carbocycles. The topological polar surface area (TPSA) is 54.0 Å². The van der Waals surface area contributed by atoms with Crippen molar-refractivity contribution in [3.8, 4) is 5.75 Å². The first-order valence-electron chi connectivity index (χ1n) is 10.8. The fraction of sp³-hybridized carbons (Fsp3) is 0.458. The van der Waals surface area contributed by atoms with E-state index in [9.17, 15) is 4.79 Å². The van der Waals surface area contributed by atoms with Gasteiger partial charge in [-0.1, -0.05) is 24.3 Å². The van der Waals surface area contributed by atoms with Crippen LogP contribution in [0.25, 0.3) is 0 Å². The molecule has 2 aromatic carbocycles. The first-order valence-corrected chi connectivity index (χ1v) is 10.8. The Balaban J connectivity index is 1.25. The lowest BCUT2D eigenvalue weighted by atomic mass is 10.1. The number of piperazine rings is 1. The molecule has 1 atom stereocenters. The molecule has 160 valence electrons. The number of para-hydroxylation sites is 2. The van der Waals surface area contributed by atoms with Crippen LogP contribution in [0.4, 0.5) is 5.69 Å². The van der Waals surface area contributed by atoms with Gasteiger partial charge in [-0.15, -0.1) is 0 Å². The lowest BCUT2D eigenvalue weighted by molar-refractivity contribution is 0.0858. The summed E-state index contributed by atoms with van der Waals surface area (Å²) in [6.45, 7) is 6.26. The number of anilines is 1. The summed E-state index contributed by atoms with van der Waals surface area (Å²) in [5.74, 6) is 0.904. The number of carbonyl (C=O) groups excluding carboxylic acids is 1. The van der Waals surface area contributed by atoms with Crippen molar-refractivity contribution >= 4 is 11.6 Å². The van der Waals surface area contributed by atoms with E-state index in [4.69, 9.17) is 9.47 Å². The van der Waals surface area contributed by atoms with Gasteiger partial charge in [0.1, 0.15) is 5.75 Å². The summed E-state index contributed by atoms with van der Waals surface area (Å²) < 4.78 is 11.1. The van der Waals surface area contributed by atoms with Crippen molar-refractivity contribution < 1.29 is 14.3 Å². The van der Waals surface area contributed by atoms with Gasteiger partial charge in [0.25, 0.3) is 5.91 Å². The molecule has 2 aliphatic rings. The molecule has 1 amide bonds. The quantitative estimate of drug-likeness (QED) is 0.762. The average Bonchev–Trinajstić information content (AvgIpc) is 3.32. The Kier molecular flexibility index (Phi) is 6.87. The number of hydrogen-bond donors (Lipinski definition) is 1. The summed E-state index contributed by atoms with van der Waals surface area (Å²) in [5, 5.41) is 2.98. The fourth-order valence-electron chi connectivity index (χ4n) is 4.17. The van der Waals surface area contributed by atoms with Crippen LogP contribution in [-0.2, 0) is 11.3 Å². The molecule has 1 N–H and O–H groups in total. The molecule has 0 radical (unpaired) electrons. The minimum atomic E-state index is -0.0255. The second-order valence-corrected chi connectivity index (χ2v) is 7.98. The van der Waals surface area contributed by atoms with Gasteiger partial charge < -0.3 is 19.7 Å². The zero-order chi connectivity index (χ0) is 20.8. The molecule has 0 spiro atoms. The zero-order valence-corrected chi connectivity index (χ0v) is 17.7. The standard InChI is InChI=1S/C24H31N3O3/c1-29-23-7-3-2-6-22(23)27-14-12-26(13-15-27)18-19-8-10-20(11-9-19)24(28)25-17-21-5-4-16-30-21/h2-3,6-11,21H,4-5,12-18H2,1H3,(H,25,28)/t21-/m0/s1. The van der Waals surface area contributed by atoms with Gasteiger partial charge in [-0.25, -0.2) is 0 Å². The van der Waals surface area contributed by atoms with Crippen LogP contribution in [0.3, 0.4) is 0 Å². The normalized spacial score (nSPS) is 19.6. The van der Waals surface area contributed by atoms with Crippen LogP contribution < -0.4 is 15.0 Å². The highest BCUT2D eigenvalue weighted by atomic mass is 16.5. The number of amides is 1. The number of ether oxygens (including phenoxy) is 2. The summed E-state index contributed by atoms with van der Waals surface area (Å²) in [7, 11) is 1.72. The molecule has 0 aliphatic carbocycles. The zero-order valence-electron chi connectivity index (χ0n) is 17.7. The van der Waals surface area contributed by atoms with E-state index >= 15 is 0 Å². The first-order chi connectivity index (χ1) is 14.7. The second-order valence-electron chi connectivity index (χ2n) is 7.98. The summed E-state index contributed by atoms with van der Waals surface area (Å²) in [6, 6.07) is 16.2. The van der Waals surface area contributed by atoms with Crippen molar-refractivity contribution in [3.05, 3.63) is 59.7 Å². The van der Waals surface area contributed by atoms with E-state index < -0.39 is 0 Å². The summed E-state index contributed by atoms with van der Waals surface area (Å²) in [6.07, 6.45) is 2.29. The van der Waals surface area contributed by atoms with Crippen LogP contribution in [0.2, 0.25) is 0 Å². The maximum Gasteiger partial charge on any atom is 0.251 e. The van der Waals surface area contributed by atoms with Crippen molar-refractivity contribution in [1.29, 1.82) is 0 Å². The summed E-state index contributed by atoms with van der Waals surface area (Å²) >= 11 is 0. The van der Waals surface area contributed by atoms with Crippen LogP contribution in [0.15, 0.2) is 48.5 Å². The highest BCUT2D eigenvalue weighted by Crippen LogP contribution is 2.28. The van der Waals surface area contributed by atoms with E-state index in [0.29, 0.717) is 12.1 Å². The largest absolute Gasteiger partial charge is 0.495 e. The van der Waals surface area contributed by atoms with E-state index in [1.807, 2.05) is 24.3 Å². The first kappa shape index (κ1) is 20.7. The monoisotopic (exact) mass is 409 g/mol. The molecule has 2 saturated heterocycles. The third kappa shape index (κ3) is 5.12. The minimum Gasteiger partial charge on any atom is -0.495 e. The van der Waals surface area contributed by atoms with Gasteiger partial charge in [0, 0.05) is 51.4 Å². The maximum absolute atomic E-state index is 12.3. The van der Waals surface area contributed by atoms with Gasteiger partial charge in [0.2, 0.25) is 0 Å². The molecule has 2 aromatic rings. The molecule has 6 heteroatoms. The Morgan fingerprint density at radius 2 is 1.87 bits per heavy atom. The van der Waals surface area contributed by atoms with E-state index in [-0.39, 0.29) is 12.0 Å². The lowest BCUT2D eigenvalue weighted by Gasteiger charge is -2.36. The van der Waals surface area contributed by atoms with Crippen molar-refractivity contribution in [2.24, 2.45) is 0 Å². The minimum absolute atomic E-state index is 0.0255. The molecule has 0 unspecified atom stereocenters. The Morgan fingerprint density at radius 1 is 1.10 bits per heavy atom. The van der Waals surface area contributed by atoms with E-state index in [1.165, 1.54) is 5.56 Å². The van der Waals surface area contributed by atoms with Gasteiger partial charge in [-0.05, 0) is 42.7 Å². The number of nitrogens with one attached hydrogen (secondary N) is 1. The average molecular weight is 410 g/mol. The number of nitrogens with zero attached hydrogens (tertiary/aromatic N) is 2. The van der Waals surface area contributed by atoms with E-state index in [0.717, 1.165) is 63.6 Å². The predicted molar refractivity (Wildman–Crippen MR) is 118 cm³/mol. The van der Waals surface area contributed by atoms with Crippen LogP contribution in [-0.4, -0.2) is 63.4 Å². The molecule has 4 rings (SSSR count). The molecule has 2 aliphatic heterocycles. The van der Waals surface area contributed by atoms with Crippen LogP contribution in [0, 0.1) is 0 Å². The Morgan fingerprint density at radius 3 is 2.57 bits per heavy atom. The maximum atomic E-state index is 12.3. The Bertz CT molecular complexity index is 826. The third-order valence-corrected chi connectivity index (χ3v) is 5.93. The smallest absolute Gasteiger partial charge is 0.251 e. The highest BCUT2D eigenvalue weighted by Gasteiger charge is 2.20. The number of rotatable bonds is 7. The van der Waals surface area contributed by atoms with Crippen LogP contribution in [0.5, 0.6) is 5.75 Å². The van der Waals surface area contributed by atoms with Gasteiger partial charge in [-0.3, -0.25) is 9.69 Å². The molecule has 6 nitrogen and oxygen atoms in total.